The highest BCUT2D eigenvalue weighted by Crippen LogP contribution is 2.41. The molecule has 0 spiro atoms. The number of methoxy groups -OCH3 is 3. The van der Waals surface area contributed by atoms with Gasteiger partial charge >= 0.3 is 0 Å². The summed E-state index contributed by atoms with van der Waals surface area (Å²) in [5.74, 6) is 2.54. The molecule has 0 saturated heterocycles. The van der Waals surface area contributed by atoms with Crippen LogP contribution in [0.1, 0.15) is 18.4 Å². The van der Waals surface area contributed by atoms with Crippen LogP contribution in [-0.2, 0) is 4.74 Å². The maximum Gasteiger partial charge on any atom is 0.164 e. The van der Waals surface area contributed by atoms with E-state index in [1.165, 1.54) is 0 Å². The molecule has 2 atom stereocenters. The summed E-state index contributed by atoms with van der Waals surface area (Å²) in [4.78, 5) is 0. The molecular formula is C13H18O4. The molecule has 0 radical (unpaired) electrons. The topological polar surface area (TPSA) is 36.9 Å². The van der Waals surface area contributed by atoms with E-state index >= 15 is 0 Å². The standard InChI is InChI=1S/C13H18O4/c1-8-9-5-11(14-2)12(15-3)6-10(9)17-7-13(8)16-4/h5-6,8,13H,7H2,1-4H3/t8-,13+/m0/s1. The van der Waals surface area contributed by atoms with Crippen molar-refractivity contribution in [3.63, 3.8) is 0 Å². The first-order valence-corrected chi connectivity index (χ1v) is 5.62. The fourth-order valence-corrected chi connectivity index (χ4v) is 2.15. The molecule has 94 valence electrons. The molecule has 1 aliphatic heterocycles. The van der Waals surface area contributed by atoms with E-state index in [1.807, 2.05) is 12.1 Å². The molecule has 0 N–H and O–H groups in total. The highest BCUT2D eigenvalue weighted by Gasteiger charge is 2.29. The number of hydrogen-bond acceptors (Lipinski definition) is 4. The van der Waals surface area contributed by atoms with Gasteiger partial charge in [-0.15, -0.1) is 0 Å². The van der Waals surface area contributed by atoms with E-state index in [2.05, 4.69) is 6.92 Å². The first kappa shape index (κ1) is 12.0. The second kappa shape index (κ2) is 4.84. The molecule has 0 bridgehead atoms. The summed E-state index contributed by atoms with van der Waals surface area (Å²) in [7, 11) is 4.96. The van der Waals surface area contributed by atoms with E-state index in [0.29, 0.717) is 12.4 Å². The lowest BCUT2D eigenvalue weighted by Crippen LogP contribution is -2.31. The van der Waals surface area contributed by atoms with E-state index in [4.69, 9.17) is 18.9 Å². The number of ether oxygens (including phenoxy) is 4. The van der Waals surface area contributed by atoms with Gasteiger partial charge in [-0.25, -0.2) is 0 Å². The maximum atomic E-state index is 5.68. The van der Waals surface area contributed by atoms with Crippen LogP contribution in [0.4, 0.5) is 0 Å². The summed E-state index contributed by atoms with van der Waals surface area (Å²) in [5, 5.41) is 0. The number of benzene rings is 1. The largest absolute Gasteiger partial charge is 0.493 e. The van der Waals surface area contributed by atoms with Gasteiger partial charge in [0, 0.05) is 24.7 Å². The van der Waals surface area contributed by atoms with Crippen LogP contribution in [0.2, 0.25) is 0 Å². The zero-order valence-corrected chi connectivity index (χ0v) is 10.6. The van der Waals surface area contributed by atoms with Gasteiger partial charge in [0.15, 0.2) is 11.5 Å². The van der Waals surface area contributed by atoms with Crippen molar-refractivity contribution in [2.75, 3.05) is 27.9 Å². The Morgan fingerprint density at radius 1 is 1.12 bits per heavy atom. The molecule has 1 aromatic carbocycles. The van der Waals surface area contributed by atoms with E-state index in [1.54, 1.807) is 21.3 Å². The molecular weight excluding hydrogens is 220 g/mol. The zero-order chi connectivity index (χ0) is 12.4. The first-order valence-electron chi connectivity index (χ1n) is 5.62. The molecule has 0 unspecified atom stereocenters. The Labute approximate surface area is 101 Å². The SMILES string of the molecule is COc1cc2c(cc1OC)[C@H](C)[C@H](OC)CO2. The summed E-state index contributed by atoms with van der Waals surface area (Å²) in [6.45, 7) is 2.70. The van der Waals surface area contributed by atoms with E-state index in [9.17, 15) is 0 Å². The Hall–Kier alpha value is -1.42. The molecule has 4 nitrogen and oxygen atoms in total. The van der Waals surface area contributed by atoms with Crippen LogP contribution in [0.25, 0.3) is 0 Å². The zero-order valence-electron chi connectivity index (χ0n) is 10.6. The smallest absolute Gasteiger partial charge is 0.164 e. The van der Waals surface area contributed by atoms with E-state index < -0.39 is 0 Å². The minimum atomic E-state index is 0.0839. The predicted molar refractivity (Wildman–Crippen MR) is 64.3 cm³/mol. The fourth-order valence-electron chi connectivity index (χ4n) is 2.15. The fraction of sp³-hybridized carbons (Fsp3) is 0.538. The molecule has 1 heterocycles. The van der Waals surface area contributed by atoms with Crippen molar-refractivity contribution < 1.29 is 18.9 Å². The molecule has 0 saturated carbocycles. The third-order valence-corrected chi connectivity index (χ3v) is 3.27. The van der Waals surface area contributed by atoms with Crippen LogP contribution in [0, 0.1) is 0 Å². The molecule has 17 heavy (non-hydrogen) atoms. The predicted octanol–water partition coefficient (Wildman–Crippen LogP) is 2.21. The van der Waals surface area contributed by atoms with Gasteiger partial charge in [0.25, 0.3) is 0 Å². The summed E-state index contributed by atoms with van der Waals surface area (Å²) in [6, 6.07) is 3.83. The number of fused-ring (bicyclic) bond motifs is 1. The van der Waals surface area contributed by atoms with Gasteiger partial charge in [-0.05, 0) is 6.07 Å². The molecule has 0 amide bonds. The van der Waals surface area contributed by atoms with Crippen LogP contribution < -0.4 is 14.2 Å². The third kappa shape index (κ3) is 2.05. The van der Waals surface area contributed by atoms with Crippen LogP contribution in [-0.4, -0.2) is 34.0 Å². The van der Waals surface area contributed by atoms with Gasteiger partial charge in [0.1, 0.15) is 12.4 Å². The summed E-state index contributed by atoms with van der Waals surface area (Å²) >= 11 is 0. The lowest BCUT2D eigenvalue weighted by molar-refractivity contribution is 0.0287. The number of hydrogen-bond donors (Lipinski definition) is 0. The van der Waals surface area contributed by atoms with Crippen molar-refractivity contribution in [2.24, 2.45) is 0 Å². The molecule has 0 aromatic heterocycles. The lowest BCUT2D eigenvalue weighted by atomic mass is 9.92. The summed E-state index contributed by atoms with van der Waals surface area (Å²) in [6.07, 6.45) is 0.0839. The van der Waals surface area contributed by atoms with Crippen LogP contribution in [0.5, 0.6) is 17.2 Å². The van der Waals surface area contributed by atoms with Crippen LogP contribution in [0.3, 0.4) is 0 Å². The Morgan fingerprint density at radius 2 is 1.76 bits per heavy atom. The van der Waals surface area contributed by atoms with Gasteiger partial charge < -0.3 is 18.9 Å². The minimum Gasteiger partial charge on any atom is -0.493 e. The van der Waals surface area contributed by atoms with Crippen molar-refractivity contribution in [2.45, 2.75) is 18.9 Å². The van der Waals surface area contributed by atoms with Gasteiger partial charge in [0.2, 0.25) is 0 Å². The second-order valence-electron chi connectivity index (χ2n) is 4.12. The first-order chi connectivity index (χ1) is 8.21. The minimum absolute atomic E-state index is 0.0839. The van der Waals surface area contributed by atoms with E-state index in [-0.39, 0.29) is 12.0 Å². The van der Waals surface area contributed by atoms with Crippen molar-refractivity contribution in [3.8, 4) is 17.2 Å². The molecule has 2 rings (SSSR count). The van der Waals surface area contributed by atoms with Crippen LogP contribution >= 0.6 is 0 Å². The Kier molecular flexibility index (Phi) is 3.43. The van der Waals surface area contributed by atoms with Crippen LogP contribution in [0.15, 0.2) is 12.1 Å². The normalized spacial score (nSPS) is 22.6. The molecule has 1 aromatic rings. The average molecular weight is 238 g/mol. The summed E-state index contributed by atoms with van der Waals surface area (Å²) < 4.78 is 21.6. The quantitative estimate of drug-likeness (QED) is 0.809. The van der Waals surface area contributed by atoms with Gasteiger partial charge in [-0.2, -0.15) is 0 Å². The Morgan fingerprint density at radius 3 is 2.35 bits per heavy atom. The van der Waals surface area contributed by atoms with E-state index in [0.717, 1.165) is 17.1 Å². The molecule has 0 fully saturated rings. The van der Waals surface area contributed by atoms with Gasteiger partial charge in [-0.3, -0.25) is 0 Å². The molecule has 0 aliphatic carbocycles. The highest BCUT2D eigenvalue weighted by atomic mass is 16.5. The monoisotopic (exact) mass is 238 g/mol. The van der Waals surface area contributed by atoms with Crippen molar-refractivity contribution >= 4 is 0 Å². The van der Waals surface area contributed by atoms with Gasteiger partial charge in [-0.1, -0.05) is 6.92 Å². The Balaban J connectivity index is 2.43. The van der Waals surface area contributed by atoms with Crippen molar-refractivity contribution in [1.29, 1.82) is 0 Å². The third-order valence-electron chi connectivity index (χ3n) is 3.27. The highest BCUT2D eigenvalue weighted by molar-refractivity contribution is 5.52. The number of rotatable bonds is 3. The lowest BCUT2D eigenvalue weighted by Gasteiger charge is -2.31. The summed E-state index contributed by atoms with van der Waals surface area (Å²) in [5.41, 5.74) is 1.10. The van der Waals surface area contributed by atoms with Crippen molar-refractivity contribution in [1.82, 2.24) is 0 Å². The Bertz CT molecular complexity index is 403. The molecule has 4 heteroatoms. The maximum absolute atomic E-state index is 5.68. The van der Waals surface area contributed by atoms with Gasteiger partial charge in [0.05, 0.1) is 20.3 Å². The van der Waals surface area contributed by atoms with Crippen molar-refractivity contribution in [3.05, 3.63) is 17.7 Å². The molecule has 1 aliphatic rings. The average Bonchev–Trinajstić information content (AvgIpc) is 2.38. The second-order valence-corrected chi connectivity index (χ2v) is 4.12.